The van der Waals surface area contributed by atoms with Crippen molar-refractivity contribution >= 4 is 40.9 Å². The van der Waals surface area contributed by atoms with E-state index in [1.807, 2.05) is 26.8 Å². The number of amides is 4. The van der Waals surface area contributed by atoms with Crippen LogP contribution in [0.1, 0.15) is 50.7 Å². The number of fused-ring (bicyclic) bond motifs is 4. The van der Waals surface area contributed by atoms with Gasteiger partial charge in [0.2, 0.25) is 11.8 Å². The van der Waals surface area contributed by atoms with Gasteiger partial charge in [-0.15, -0.1) is 0 Å². The van der Waals surface area contributed by atoms with Crippen molar-refractivity contribution in [2.45, 2.75) is 50.5 Å². The van der Waals surface area contributed by atoms with Crippen LogP contribution in [-0.4, -0.2) is 58.4 Å². The maximum atomic E-state index is 15.3. The molecule has 0 aromatic heterocycles. The number of aromatic hydroxyl groups is 1. The molecule has 2 aliphatic carbocycles. The van der Waals surface area contributed by atoms with Crippen molar-refractivity contribution in [3.63, 3.8) is 0 Å². The standard InChI is InChI=1S/C38H37ClFN3O7/c1-37(2,3)42-33(45)25-15-14-24-26(30(25)35(42)47)18-27-34(46)43(41-22-12-10-21(40)11-13-22)36(48)38(27,19-6-8-20(39)9-7-19)32(24)31-28(44)16-23(49-4)17-29(31)50-5/h6-14,16-17,25-27,30,32,41,44H,15,18H2,1-5H3/t25-,26+,27-,30-,32+,38+/m0/s1. The molecule has 3 aromatic carbocycles. The molecule has 12 heteroatoms. The number of nitrogens with one attached hydrogen (secondary N) is 1. The van der Waals surface area contributed by atoms with E-state index in [9.17, 15) is 23.9 Å². The molecule has 2 heterocycles. The number of nitrogens with zero attached hydrogens (tertiary/aromatic N) is 2. The summed E-state index contributed by atoms with van der Waals surface area (Å²) in [6, 6.07) is 14.9. The third-order valence-corrected chi connectivity index (χ3v) is 11.0. The summed E-state index contributed by atoms with van der Waals surface area (Å²) in [6.45, 7) is 5.42. The lowest BCUT2D eigenvalue weighted by molar-refractivity contribution is -0.146. The number of carbonyl (C=O) groups is 4. The average molecular weight is 702 g/mol. The van der Waals surface area contributed by atoms with Gasteiger partial charge in [-0.05, 0) is 81.5 Å². The number of hydrogen-bond acceptors (Lipinski definition) is 8. The monoisotopic (exact) mass is 701 g/mol. The maximum absolute atomic E-state index is 15.3. The number of imide groups is 2. The van der Waals surface area contributed by atoms with E-state index in [-0.39, 0.29) is 41.7 Å². The molecule has 0 unspecified atom stereocenters. The lowest BCUT2D eigenvalue weighted by Gasteiger charge is -2.50. The Morgan fingerprint density at radius 2 is 1.60 bits per heavy atom. The third-order valence-electron chi connectivity index (χ3n) is 10.8. The molecule has 3 fully saturated rings. The lowest BCUT2D eigenvalue weighted by atomic mass is 9.49. The lowest BCUT2D eigenvalue weighted by Crippen LogP contribution is -2.53. The second-order valence-corrected chi connectivity index (χ2v) is 14.8. The van der Waals surface area contributed by atoms with E-state index in [1.165, 1.54) is 49.5 Å². The highest BCUT2D eigenvalue weighted by Crippen LogP contribution is 2.66. The first-order chi connectivity index (χ1) is 23.7. The molecule has 7 rings (SSSR count). The first-order valence-corrected chi connectivity index (χ1v) is 16.8. The summed E-state index contributed by atoms with van der Waals surface area (Å²) in [5.41, 5.74) is 2.10. The molecular weight excluding hydrogens is 665 g/mol. The van der Waals surface area contributed by atoms with E-state index < -0.39 is 58.2 Å². The summed E-state index contributed by atoms with van der Waals surface area (Å²) in [7, 11) is 2.88. The van der Waals surface area contributed by atoms with Crippen molar-refractivity contribution in [3.8, 4) is 17.2 Å². The van der Waals surface area contributed by atoms with E-state index in [0.29, 0.717) is 27.6 Å². The number of benzene rings is 3. The maximum Gasteiger partial charge on any atom is 0.260 e. The Kier molecular flexibility index (Phi) is 7.97. The fraction of sp³-hybridized carbons (Fsp3) is 0.368. The fourth-order valence-corrected chi connectivity index (χ4v) is 8.92. The molecule has 3 aromatic rings. The number of anilines is 1. The molecule has 50 heavy (non-hydrogen) atoms. The number of hydrazine groups is 1. The minimum Gasteiger partial charge on any atom is -0.507 e. The van der Waals surface area contributed by atoms with Gasteiger partial charge >= 0.3 is 0 Å². The second-order valence-electron chi connectivity index (χ2n) is 14.3. The van der Waals surface area contributed by atoms with Crippen molar-refractivity contribution in [3.05, 3.63) is 94.3 Å². The van der Waals surface area contributed by atoms with E-state index >= 15 is 4.79 Å². The van der Waals surface area contributed by atoms with Gasteiger partial charge in [0.1, 0.15) is 23.1 Å². The molecule has 0 radical (unpaired) electrons. The number of likely N-dealkylation sites (tertiary alicyclic amines) is 1. The average Bonchev–Trinajstić information content (AvgIpc) is 3.47. The van der Waals surface area contributed by atoms with Crippen LogP contribution in [-0.2, 0) is 24.6 Å². The summed E-state index contributed by atoms with van der Waals surface area (Å²) < 4.78 is 25.1. The minimum absolute atomic E-state index is 0.0640. The minimum atomic E-state index is -1.68. The number of methoxy groups -OCH3 is 2. The van der Waals surface area contributed by atoms with Crippen molar-refractivity contribution < 1.29 is 38.1 Å². The Morgan fingerprint density at radius 3 is 2.22 bits per heavy atom. The zero-order chi connectivity index (χ0) is 35.9. The largest absolute Gasteiger partial charge is 0.507 e. The number of hydrogen-bond donors (Lipinski definition) is 2. The summed E-state index contributed by atoms with van der Waals surface area (Å²) in [6.07, 6.45) is 2.19. The summed E-state index contributed by atoms with van der Waals surface area (Å²) in [5, 5.41) is 13.2. The van der Waals surface area contributed by atoms with Crippen LogP contribution in [0.25, 0.3) is 0 Å². The zero-order valence-electron chi connectivity index (χ0n) is 28.2. The van der Waals surface area contributed by atoms with Crippen LogP contribution in [0.5, 0.6) is 17.2 Å². The molecule has 2 N–H and O–H groups in total. The van der Waals surface area contributed by atoms with Gasteiger partial charge in [-0.3, -0.25) is 29.5 Å². The predicted octanol–water partition coefficient (Wildman–Crippen LogP) is 5.99. The second kappa shape index (κ2) is 11.9. The first-order valence-electron chi connectivity index (χ1n) is 16.4. The van der Waals surface area contributed by atoms with Crippen LogP contribution < -0.4 is 14.9 Å². The van der Waals surface area contributed by atoms with Crippen LogP contribution in [0.3, 0.4) is 0 Å². The molecule has 1 saturated carbocycles. The smallest absolute Gasteiger partial charge is 0.260 e. The van der Waals surface area contributed by atoms with Crippen molar-refractivity contribution in [2.24, 2.45) is 23.7 Å². The number of rotatable bonds is 6. The number of halogens is 2. The number of phenolic OH excluding ortho intramolecular Hbond substituents is 1. The van der Waals surface area contributed by atoms with Gasteiger partial charge in [0.15, 0.2) is 0 Å². The van der Waals surface area contributed by atoms with Gasteiger partial charge < -0.3 is 14.6 Å². The Hall–Kier alpha value is -4.90. The van der Waals surface area contributed by atoms with Gasteiger partial charge in [0, 0.05) is 34.2 Å². The molecule has 0 bridgehead atoms. The van der Waals surface area contributed by atoms with Crippen LogP contribution in [0, 0.1) is 29.5 Å². The van der Waals surface area contributed by atoms with Gasteiger partial charge in [-0.1, -0.05) is 35.4 Å². The normalized spacial score (nSPS) is 27.5. The highest BCUT2D eigenvalue weighted by atomic mass is 35.5. The van der Waals surface area contributed by atoms with Crippen LogP contribution >= 0.6 is 11.6 Å². The molecule has 10 nitrogen and oxygen atoms in total. The summed E-state index contributed by atoms with van der Waals surface area (Å²) in [4.78, 5) is 59.5. The molecule has 2 aliphatic heterocycles. The van der Waals surface area contributed by atoms with Crippen molar-refractivity contribution in [1.82, 2.24) is 9.91 Å². The van der Waals surface area contributed by atoms with Gasteiger partial charge in [0.05, 0.1) is 43.1 Å². The number of ether oxygens (including phenoxy) is 2. The van der Waals surface area contributed by atoms with E-state index in [0.717, 1.165) is 5.01 Å². The Morgan fingerprint density at radius 1 is 0.920 bits per heavy atom. The Labute approximate surface area is 293 Å². The molecule has 0 spiro atoms. The fourth-order valence-electron chi connectivity index (χ4n) is 8.79. The predicted molar refractivity (Wildman–Crippen MR) is 182 cm³/mol. The molecule has 2 saturated heterocycles. The quantitative estimate of drug-likeness (QED) is 0.238. The van der Waals surface area contributed by atoms with Crippen molar-refractivity contribution in [2.75, 3.05) is 19.6 Å². The molecular formula is C38H37ClFN3O7. The number of phenols is 1. The third kappa shape index (κ3) is 4.80. The Balaban J connectivity index is 1.51. The summed E-state index contributed by atoms with van der Waals surface area (Å²) >= 11 is 6.35. The van der Waals surface area contributed by atoms with Crippen LogP contribution in [0.4, 0.5) is 10.1 Å². The van der Waals surface area contributed by atoms with Crippen LogP contribution in [0.15, 0.2) is 72.3 Å². The molecule has 6 atom stereocenters. The highest BCUT2D eigenvalue weighted by molar-refractivity contribution is 6.30. The highest BCUT2D eigenvalue weighted by Gasteiger charge is 2.71. The molecule has 260 valence electrons. The van der Waals surface area contributed by atoms with E-state index in [4.69, 9.17) is 21.1 Å². The zero-order valence-corrected chi connectivity index (χ0v) is 29.0. The molecule has 4 amide bonds. The van der Waals surface area contributed by atoms with E-state index in [1.54, 1.807) is 30.3 Å². The van der Waals surface area contributed by atoms with Gasteiger partial charge in [0.25, 0.3) is 11.8 Å². The number of carbonyl (C=O) groups excluding carboxylic acids is 4. The van der Waals surface area contributed by atoms with E-state index in [2.05, 4.69) is 5.43 Å². The Bertz CT molecular complexity index is 1960. The first kappa shape index (κ1) is 33.6. The summed E-state index contributed by atoms with van der Waals surface area (Å²) in [5.74, 6) is -6.21. The SMILES string of the molecule is COc1cc(O)c([C@H]2C3=CC[C@@H]4C(=O)N(C(C)(C)C)C(=O)[C@@H]4[C@@H]3C[C@H]3C(=O)N(Nc4ccc(F)cc4)C(=O)[C@@]23c2ccc(Cl)cc2)c(OC)c1. The van der Waals surface area contributed by atoms with Crippen molar-refractivity contribution in [1.29, 1.82) is 0 Å². The van der Waals surface area contributed by atoms with Crippen LogP contribution in [0.2, 0.25) is 5.02 Å². The molecule has 4 aliphatic rings. The van der Waals surface area contributed by atoms with Gasteiger partial charge in [-0.25, -0.2) is 4.39 Å². The topological polar surface area (TPSA) is 125 Å². The van der Waals surface area contributed by atoms with Gasteiger partial charge in [-0.2, -0.15) is 5.01 Å². The number of allylic oxidation sites excluding steroid dienone is 2.